The average molecular weight is 561 g/mol. The van der Waals surface area contributed by atoms with Gasteiger partial charge in [0.05, 0.1) is 26.4 Å². The van der Waals surface area contributed by atoms with Crippen LogP contribution in [0.3, 0.4) is 0 Å². The molecule has 0 amide bonds. The van der Waals surface area contributed by atoms with Crippen molar-refractivity contribution in [2.75, 3.05) is 13.7 Å². The number of methoxy groups -OCH3 is 1. The van der Waals surface area contributed by atoms with Crippen LogP contribution in [-0.2, 0) is 24.2 Å². The molecule has 6 N–H and O–H groups in total. The van der Waals surface area contributed by atoms with E-state index in [1.807, 2.05) is 30.3 Å². The highest BCUT2D eigenvalue weighted by atomic mass is 16.5. The summed E-state index contributed by atoms with van der Waals surface area (Å²) in [7, 11) is 1.42. The molecule has 0 saturated carbocycles. The molecule has 0 radical (unpaired) electrons. The van der Waals surface area contributed by atoms with Gasteiger partial charge in [-0.15, -0.1) is 0 Å². The first-order chi connectivity index (χ1) is 19.7. The fraction of sp³-hybridized carbons (Fsp3) is 0.364. The lowest BCUT2D eigenvalue weighted by Crippen LogP contribution is -2.34. The second-order valence-corrected chi connectivity index (χ2v) is 10.6. The third-order valence-electron chi connectivity index (χ3n) is 7.85. The number of aliphatic hydroxyl groups is 3. The van der Waals surface area contributed by atoms with E-state index in [2.05, 4.69) is 11.8 Å². The van der Waals surface area contributed by atoms with Gasteiger partial charge in [0.1, 0.15) is 5.78 Å². The maximum atomic E-state index is 13.5. The highest BCUT2D eigenvalue weighted by Crippen LogP contribution is 2.40. The second kappa shape index (κ2) is 13.6. The number of ether oxygens (including phenoxy) is 1. The van der Waals surface area contributed by atoms with E-state index >= 15 is 0 Å². The van der Waals surface area contributed by atoms with E-state index in [1.54, 1.807) is 12.1 Å². The molecule has 0 heterocycles. The van der Waals surface area contributed by atoms with Crippen LogP contribution in [-0.4, -0.2) is 56.2 Å². The van der Waals surface area contributed by atoms with Gasteiger partial charge in [-0.05, 0) is 59.4 Å². The predicted molar refractivity (Wildman–Crippen MR) is 153 cm³/mol. The summed E-state index contributed by atoms with van der Waals surface area (Å²) in [6.07, 6.45) is -0.565. The summed E-state index contributed by atoms with van der Waals surface area (Å²) in [5.41, 5.74) is 2.69. The minimum atomic E-state index is -1.12. The Balaban J connectivity index is 1.81. The van der Waals surface area contributed by atoms with Gasteiger partial charge in [0, 0.05) is 36.5 Å². The van der Waals surface area contributed by atoms with Crippen molar-refractivity contribution in [1.82, 2.24) is 0 Å². The first-order valence-electron chi connectivity index (χ1n) is 13.6. The summed E-state index contributed by atoms with van der Waals surface area (Å²) in [5, 5.41) is 61.8. The first kappa shape index (κ1) is 29.9. The predicted octanol–water partition coefficient (Wildman–Crippen LogP) is 3.44. The fourth-order valence-corrected chi connectivity index (χ4v) is 5.63. The number of aromatic hydroxyl groups is 3. The van der Waals surface area contributed by atoms with E-state index in [9.17, 15) is 35.4 Å². The van der Waals surface area contributed by atoms with Crippen LogP contribution in [0.15, 0.2) is 60.7 Å². The molecule has 0 aromatic heterocycles. The van der Waals surface area contributed by atoms with Crippen molar-refractivity contribution in [2.24, 2.45) is 17.8 Å². The number of rotatable bonds is 8. The van der Waals surface area contributed by atoms with Crippen molar-refractivity contribution in [2.45, 2.75) is 44.3 Å². The van der Waals surface area contributed by atoms with E-state index < -0.39 is 29.8 Å². The van der Waals surface area contributed by atoms with Gasteiger partial charge in [0.25, 0.3) is 0 Å². The van der Waals surface area contributed by atoms with Crippen molar-refractivity contribution in [1.29, 1.82) is 0 Å². The van der Waals surface area contributed by atoms with Gasteiger partial charge >= 0.3 is 0 Å². The molecule has 1 aliphatic carbocycles. The topological polar surface area (TPSA) is 148 Å². The number of Topliss-reactive ketones (excluding diaryl/α,β-unsaturated/α-hetero) is 1. The maximum absolute atomic E-state index is 13.5. The molecule has 8 nitrogen and oxygen atoms in total. The molecule has 0 bridgehead atoms. The lowest BCUT2D eigenvalue weighted by atomic mass is 9.74. The SMILES string of the molecule is COc1cc(C2CC(=O)CC(O)C(Cc3ccc(O)c(O)c3)C(CO)C#CC2Cc2ccccc2)c(CO)cc1O. The molecule has 3 aromatic carbocycles. The van der Waals surface area contributed by atoms with Crippen molar-refractivity contribution in [3.8, 4) is 34.8 Å². The zero-order valence-electron chi connectivity index (χ0n) is 22.9. The summed E-state index contributed by atoms with van der Waals surface area (Å²) in [6.45, 7) is -0.725. The minimum Gasteiger partial charge on any atom is -0.504 e. The van der Waals surface area contributed by atoms with Gasteiger partial charge in [0.2, 0.25) is 0 Å². The van der Waals surface area contributed by atoms with Gasteiger partial charge in [-0.25, -0.2) is 0 Å². The van der Waals surface area contributed by atoms with Gasteiger partial charge in [-0.2, -0.15) is 0 Å². The number of hydrogen-bond donors (Lipinski definition) is 6. The van der Waals surface area contributed by atoms with Crippen molar-refractivity contribution in [3.63, 3.8) is 0 Å². The Hall–Kier alpha value is -4.03. The summed E-state index contributed by atoms with van der Waals surface area (Å²) in [4.78, 5) is 13.5. The van der Waals surface area contributed by atoms with Gasteiger partial charge < -0.3 is 35.4 Å². The first-order valence-corrected chi connectivity index (χ1v) is 13.6. The molecule has 8 heteroatoms. The van der Waals surface area contributed by atoms with E-state index in [0.717, 1.165) is 5.56 Å². The maximum Gasteiger partial charge on any atom is 0.160 e. The highest BCUT2D eigenvalue weighted by molar-refractivity contribution is 5.80. The molecular formula is C33H36O8. The van der Waals surface area contributed by atoms with Gasteiger partial charge in [-0.3, -0.25) is 4.79 Å². The van der Waals surface area contributed by atoms with Crippen LogP contribution in [0, 0.1) is 29.6 Å². The monoisotopic (exact) mass is 560 g/mol. The third kappa shape index (κ3) is 7.19. The summed E-state index contributed by atoms with van der Waals surface area (Å²) >= 11 is 0. The third-order valence-corrected chi connectivity index (χ3v) is 7.85. The van der Waals surface area contributed by atoms with E-state index in [-0.39, 0.29) is 61.3 Å². The van der Waals surface area contributed by atoms with Crippen LogP contribution in [0.5, 0.6) is 23.0 Å². The second-order valence-electron chi connectivity index (χ2n) is 10.6. The zero-order chi connectivity index (χ0) is 29.5. The quantitative estimate of drug-likeness (QED) is 0.181. The van der Waals surface area contributed by atoms with Gasteiger partial charge in [-0.1, -0.05) is 48.2 Å². The Labute approximate surface area is 239 Å². The van der Waals surface area contributed by atoms with Crippen LogP contribution in [0.1, 0.15) is 41.0 Å². The number of phenolic OH excluding ortho intramolecular Hbond substituents is 3. The van der Waals surface area contributed by atoms with Crippen molar-refractivity contribution < 1.29 is 40.2 Å². The Morgan fingerprint density at radius 3 is 2.22 bits per heavy atom. The Bertz CT molecular complexity index is 1410. The standard InChI is InChI=1S/C33H36O8/c1-41-33-17-27(24(19-35)14-32(33)40)26-15-25(36)16-30(38)28(12-21-7-10-29(37)31(39)13-21)23(18-34)9-8-22(26)11-20-5-3-2-4-6-20/h2-7,10,13-14,17,22-23,26,28,30,34-35,37-40H,11-12,15-16,18-19H2,1H3. The molecule has 1 aliphatic rings. The summed E-state index contributed by atoms with van der Waals surface area (Å²) < 4.78 is 5.34. The fourth-order valence-electron chi connectivity index (χ4n) is 5.63. The van der Waals surface area contributed by atoms with Crippen LogP contribution in [0.25, 0.3) is 0 Å². The number of phenols is 3. The number of hydrogen-bond acceptors (Lipinski definition) is 8. The molecule has 5 atom stereocenters. The largest absolute Gasteiger partial charge is 0.504 e. The lowest BCUT2D eigenvalue weighted by molar-refractivity contribution is -0.122. The molecule has 41 heavy (non-hydrogen) atoms. The summed E-state index contributed by atoms with van der Waals surface area (Å²) in [6, 6.07) is 17.1. The smallest absolute Gasteiger partial charge is 0.160 e. The van der Waals surface area contributed by atoms with E-state index in [1.165, 1.54) is 25.3 Å². The number of aliphatic hydroxyl groups excluding tert-OH is 3. The molecule has 0 spiro atoms. The summed E-state index contributed by atoms with van der Waals surface area (Å²) in [5.74, 6) is 3.62. The molecule has 3 aromatic rings. The molecular weight excluding hydrogens is 524 g/mol. The molecule has 5 unspecified atom stereocenters. The molecule has 0 fully saturated rings. The van der Waals surface area contributed by atoms with Crippen molar-refractivity contribution in [3.05, 3.63) is 82.9 Å². The molecule has 4 rings (SSSR count). The van der Waals surface area contributed by atoms with Crippen LogP contribution < -0.4 is 4.74 Å². The Kier molecular flexibility index (Phi) is 9.90. The van der Waals surface area contributed by atoms with Crippen LogP contribution in [0.4, 0.5) is 0 Å². The Morgan fingerprint density at radius 1 is 0.829 bits per heavy atom. The molecule has 0 saturated heterocycles. The molecule has 216 valence electrons. The zero-order valence-corrected chi connectivity index (χ0v) is 22.9. The Morgan fingerprint density at radius 2 is 1.56 bits per heavy atom. The molecule has 0 aliphatic heterocycles. The minimum absolute atomic E-state index is 0.0285. The number of carbonyl (C=O) groups excluding carboxylic acids is 1. The van der Waals surface area contributed by atoms with Crippen molar-refractivity contribution >= 4 is 5.78 Å². The van der Waals surface area contributed by atoms with Gasteiger partial charge in [0.15, 0.2) is 23.0 Å². The van der Waals surface area contributed by atoms with Crippen LogP contribution in [0.2, 0.25) is 0 Å². The highest BCUT2D eigenvalue weighted by Gasteiger charge is 2.34. The number of ketones is 1. The number of carbonyl (C=O) groups is 1. The van der Waals surface area contributed by atoms with Crippen LogP contribution >= 0.6 is 0 Å². The van der Waals surface area contributed by atoms with E-state index in [0.29, 0.717) is 23.1 Å². The van der Waals surface area contributed by atoms with E-state index in [4.69, 9.17) is 4.74 Å². The number of benzene rings is 3. The average Bonchev–Trinajstić information content (AvgIpc) is 2.96. The normalized spacial score (nSPS) is 22.9. The lowest BCUT2D eigenvalue weighted by Gasteiger charge is -2.31.